The second-order valence-electron chi connectivity index (χ2n) is 4.05. The van der Waals surface area contributed by atoms with Crippen LogP contribution in [0.4, 0.5) is 0 Å². The van der Waals surface area contributed by atoms with Crippen molar-refractivity contribution in [2.24, 2.45) is 5.84 Å². The van der Waals surface area contributed by atoms with E-state index in [2.05, 4.69) is 36.6 Å². The lowest BCUT2D eigenvalue weighted by atomic mass is 9.99. The Bertz CT molecular complexity index is 302. The number of hydrogen-bond donors (Lipinski definition) is 2. The first kappa shape index (κ1) is 13.5. The number of halogens is 1. The number of hydrogen-bond acceptors (Lipinski definition) is 2. The Balaban J connectivity index is 2.71. The summed E-state index contributed by atoms with van der Waals surface area (Å²) < 4.78 is 0. The Hall–Kier alpha value is -0.570. The van der Waals surface area contributed by atoms with Crippen molar-refractivity contribution in [3.63, 3.8) is 0 Å². The SMILES string of the molecule is CCCc1cccc(C(CCCCl)NN)c1. The van der Waals surface area contributed by atoms with Crippen molar-refractivity contribution >= 4 is 11.6 Å². The first-order valence-electron chi connectivity index (χ1n) is 5.92. The molecule has 0 aliphatic rings. The molecule has 0 heterocycles. The average molecular weight is 241 g/mol. The number of hydrazine groups is 1. The maximum absolute atomic E-state index is 5.70. The van der Waals surface area contributed by atoms with Gasteiger partial charge < -0.3 is 0 Å². The number of aryl methyl sites for hydroxylation is 1. The molecule has 3 N–H and O–H groups in total. The number of alkyl halides is 1. The van der Waals surface area contributed by atoms with Crippen LogP contribution in [0.3, 0.4) is 0 Å². The van der Waals surface area contributed by atoms with E-state index in [1.165, 1.54) is 17.5 Å². The molecule has 1 unspecified atom stereocenters. The van der Waals surface area contributed by atoms with Crippen LogP contribution in [0, 0.1) is 0 Å². The summed E-state index contributed by atoms with van der Waals surface area (Å²) in [4.78, 5) is 0. The Morgan fingerprint density at radius 1 is 1.44 bits per heavy atom. The van der Waals surface area contributed by atoms with Crippen molar-refractivity contribution in [2.75, 3.05) is 5.88 Å². The van der Waals surface area contributed by atoms with E-state index < -0.39 is 0 Å². The molecule has 0 aromatic heterocycles. The van der Waals surface area contributed by atoms with Crippen molar-refractivity contribution in [2.45, 2.75) is 38.6 Å². The monoisotopic (exact) mass is 240 g/mol. The number of rotatable bonds is 7. The molecule has 1 rings (SSSR count). The van der Waals surface area contributed by atoms with Gasteiger partial charge in [0.2, 0.25) is 0 Å². The highest BCUT2D eigenvalue weighted by atomic mass is 35.5. The summed E-state index contributed by atoms with van der Waals surface area (Å²) in [7, 11) is 0. The molecule has 3 heteroatoms. The minimum absolute atomic E-state index is 0.218. The molecule has 0 saturated heterocycles. The zero-order valence-corrected chi connectivity index (χ0v) is 10.6. The fourth-order valence-corrected chi connectivity index (χ4v) is 2.04. The zero-order chi connectivity index (χ0) is 11.8. The van der Waals surface area contributed by atoms with Gasteiger partial charge in [0.05, 0.1) is 0 Å². The molecule has 2 nitrogen and oxygen atoms in total. The molecule has 0 saturated carbocycles. The first-order chi connectivity index (χ1) is 7.81. The fourth-order valence-electron chi connectivity index (χ4n) is 1.88. The molecule has 1 aromatic carbocycles. The van der Waals surface area contributed by atoms with Crippen LogP contribution in [0.1, 0.15) is 43.4 Å². The van der Waals surface area contributed by atoms with Crippen LogP contribution in [0.15, 0.2) is 24.3 Å². The van der Waals surface area contributed by atoms with Gasteiger partial charge in [-0.2, -0.15) is 0 Å². The van der Waals surface area contributed by atoms with Crippen molar-refractivity contribution in [1.29, 1.82) is 0 Å². The molecule has 0 fully saturated rings. The third-order valence-electron chi connectivity index (χ3n) is 2.72. The summed E-state index contributed by atoms with van der Waals surface area (Å²) in [5, 5.41) is 0. The van der Waals surface area contributed by atoms with Crippen LogP contribution in [0.25, 0.3) is 0 Å². The van der Waals surface area contributed by atoms with Gasteiger partial charge in [0.1, 0.15) is 0 Å². The van der Waals surface area contributed by atoms with Crippen LogP contribution in [0.5, 0.6) is 0 Å². The maximum atomic E-state index is 5.70. The van der Waals surface area contributed by atoms with Gasteiger partial charge >= 0.3 is 0 Å². The largest absolute Gasteiger partial charge is 0.271 e. The van der Waals surface area contributed by atoms with Crippen LogP contribution >= 0.6 is 11.6 Å². The molecule has 0 spiro atoms. The van der Waals surface area contributed by atoms with Gasteiger partial charge in [-0.1, -0.05) is 37.6 Å². The standard InChI is InChI=1S/C13H21ClN2/c1-2-5-11-6-3-7-12(10-11)13(16-15)8-4-9-14/h3,6-7,10,13,16H,2,4-5,8-9,15H2,1H3. The highest BCUT2D eigenvalue weighted by molar-refractivity contribution is 6.17. The predicted octanol–water partition coefficient (Wildman–Crippen LogP) is 3.16. The zero-order valence-electron chi connectivity index (χ0n) is 9.88. The Morgan fingerprint density at radius 2 is 2.25 bits per heavy atom. The minimum atomic E-state index is 0.218. The van der Waals surface area contributed by atoms with Gasteiger partial charge in [-0.25, -0.2) is 0 Å². The lowest BCUT2D eigenvalue weighted by Gasteiger charge is -2.16. The van der Waals surface area contributed by atoms with E-state index in [-0.39, 0.29) is 6.04 Å². The van der Waals surface area contributed by atoms with Gasteiger partial charge in [0, 0.05) is 11.9 Å². The van der Waals surface area contributed by atoms with Gasteiger partial charge in [0.25, 0.3) is 0 Å². The van der Waals surface area contributed by atoms with Crippen LogP contribution < -0.4 is 11.3 Å². The van der Waals surface area contributed by atoms with E-state index in [4.69, 9.17) is 17.4 Å². The third-order valence-corrected chi connectivity index (χ3v) is 2.99. The third kappa shape index (κ3) is 4.12. The van der Waals surface area contributed by atoms with E-state index in [0.29, 0.717) is 5.88 Å². The summed E-state index contributed by atoms with van der Waals surface area (Å²) in [6, 6.07) is 8.85. The summed E-state index contributed by atoms with van der Waals surface area (Å²) in [6.07, 6.45) is 4.26. The first-order valence-corrected chi connectivity index (χ1v) is 6.46. The van der Waals surface area contributed by atoms with E-state index in [9.17, 15) is 0 Å². The second kappa shape index (κ2) is 7.66. The predicted molar refractivity (Wildman–Crippen MR) is 70.5 cm³/mol. The second-order valence-corrected chi connectivity index (χ2v) is 4.42. The lowest BCUT2D eigenvalue weighted by Crippen LogP contribution is -2.28. The Morgan fingerprint density at radius 3 is 2.88 bits per heavy atom. The van der Waals surface area contributed by atoms with E-state index in [1.54, 1.807) is 0 Å². The lowest BCUT2D eigenvalue weighted by molar-refractivity contribution is 0.511. The van der Waals surface area contributed by atoms with Crippen LogP contribution in [-0.4, -0.2) is 5.88 Å². The van der Waals surface area contributed by atoms with Crippen LogP contribution in [-0.2, 0) is 6.42 Å². The molecule has 90 valence electrons. The summed E-state index contributed by atoms with van der Waals surface area (Å²) in [5.41, 5.74) is 5.51. The number of benzene rings is 1. The molecule has 0 amide bonds. The summed E-state index contributed by atoms with van der Waals surface area (Å²) in [6.45, 7) is 2.19. The molecule has 0 aliphatic heterocycles. The van der Waals surface area contributed by atoms with Gasteiger partial charge in [-0.3, -0.25) is 11.3 Å². The van der Waals surface area contributed by atoms with Crippen molar-refractivity contribution < 1.29 is 0 Å². The highest BCUT2D eigenvalue weighted by Gasteiger charge is 2.09. The molecule has 1 aromatic rings. The number of nitrogens with one attached hydrogen (secondary N) is 1. The van der Waals surface area contributed by atoms with Crippen LogP contribution in [0.2, 0.25) is 0 Å². The van der Waals surface area contributed by atoms with Crippen molar-refractivity contribution in [3.05, 3.63) is 35.4 Å². The molecule has 0 bridgehead atoms. The molecule has 0 radical (unpaired) electrons. The van der Waals surface area contributed by atoms with Gasteiger partial charge in [-0.15, -0.1) is 11.6 Å². The maximum Gasteiger partial charge on any atom is 0.0460 e. The summed E-state index contributed by atoms with van der Waals surface area (Å²) >= 11 is 5.70. The van der Waals surface area contributed by atoms with Crippen molar-refractivity contribution in [3.8, 4) is 0 Å². The van der Waals surface area contributed by atoms with E-state index >= 15 is 0 Å². The average Bonchev–Trinajstić information content (AvgIpc) is 2.31. The Kier molecular flexibility index (Phi) is 6.46. The quantitative estimate of drug-likeness (QED) is 0.437. The van der Waals surface area contributed by atoms with Gasteiger partial charge in [-0.05, 0) is 30.4 Å². The minimum Gasteiger partial charge on any atom is -0.271 e. The molecule has 0 aliphatic carbocycles. The number of nitrogens with two attached hydrogens (primary N) is 1. The summed E-state index contributed by atoms with van der Waals surface area (Å²) in [5.74, 6) is 6.26. The Labute approximate surface area is 103 Å². The topological polar surface area (TPSA) is 38.0 Å². The van der Waals surface area contributed by atoms with E-state index in [0.717, 1.165) is 19.3 Å². The molecule has 1 atom stereocenters. The highest BCUT2D eigenvalue weighted by Crippen LogP contribution is 2.19. The molecule has 16 heavy (non-hydrogen) atoms. The molecular formula is C13H21ClN2. The van der Waals surface area contributed by atoms with Gasteiger partial charge in [0.15, 0.2) is 0 Å². The fraction of sp³-hybridized carbons (Fsp3) is 0.538. The molecular weight excluding hydrogens is 220 g/mol. The van der Waals surface area contributed by atoms with Crippen molar-refractivity contribution in [1.82, 2.24) is 5.43 Å². The normalized spacial score (nSPS) is 12.7. The van der Waals surface area contributed by atoms with E-state index in [1.807, 2.05) is 0 Å². The smallest absolute Gasteiger partial charge is 0.0460 e.